The van der Waals surface area contributed by atoms with Gasteiger partial charge in [0, 0.05) is 19.3 Å². The molecule has 0 saturated heterocycles. The SMILES string of the molecule is Cc1ccccc1CCC(CCc1cnn(C)c1)NN. The standard InChI is InChI=1S/C16H24N4/c1-13-5-3-4-6-15(13)8-10-16(19-17)9-7-14-11-18-20(2)12-14/h3-6,11-12,16,19H,7-10,17H2,1-2H3. The number of hydrogen-bond acceptors (Lipinski definition) is 3. The van der Waals surface area contributed by atoms with Gasteiger partial charge in [0.25, 0.3) is 0 Å². The molecule has 4 nitrogen and oxygen atoms in total. The number of rotatable bonds is 7. The predicted molar refractivity (Wildman–Crippen MR) is 82.1 cm³/mol. The Bertz CT molecular complexity index is 533. The lowest BCUT2D eigenvalue weighted by Crippen LogP contribution is -2.35. The van der Waals surface area contributed by atoms with E-state index in [1.54, 1.807) is 0 Å². The number of hydrazine groups is 1. The van der Waals surface area contributed by atoms with Crippen molar-refractivity contribution in [2.75, 3.05) is 0 Å². The Morgan fingerprint density at radius 3 is 2.65 bits per heavy atom. The number of nitrogens with zero attached hydrogens (tertiary/aromatic N) is 2. The highest BCUT2D eigenvalue weighted by molar-refractivity contribution is 5.25. The van der Waals surface area contributed by atoms with Gasteiger partial charge < -0.3 is 0 Å². The number of nitrogens with two attached hydrogens (primary N) is 1. The topological polar surface area (TPSA) is 55.9 Å². The van der Waals surface area contributed by atoms with Crippen LogP contribution in [0.3, 0.4) is 0 Å². The molecular weight excluding hydrogens is 248 g/mol. The van der Waals surface area contributed by atoms with Gasteiger partial charge in [-0.05, 0) is 49.3 Å². The fourth-order valence-electron chi connectivity index (χ4n) is 2.47. The van der Waals surface area contributed by atoms with Gasteiger partial charge >= 0.3 is 0 Å². The second-order valence-electron chi connectivity index (χ2n) is 5.39. The molecule has 0 aliphatic rings. The highest BCUT2D eigenvalue weighted by Crippen LogP contribution is 2.13. The Kier molecular flexibility index (Phi) is 5.32. The van der Waals surface area contributed by atoms with E-state index < -0.39 is 0 Å². The van der Waals surface area contributed by atoms with E-state index in [9.17, 15) is 0 Å². The molecule has 0 radical (unpaired) electrons. The van der Waals surface area contributed by atoms with Crippen LogP contribution in [0.4, 0.5) is 0 Å². The van der Waals surface area contributed by atoms with Crippen LogP contribution in [0.2, 0.25) is 0 Å². The molecule has 108 valence electrons. The first-order valence-corrected chi connectivity index (χ1v) is 7.17. The molecule has 1 atom stereocenters. The van der Waals surface area contributed by atoms with E-state index in [2.05, 4.69) is 47.9 Å². The molecular formula is C16H24N4. The van der Waals surface area contributed by atoms with E-state index in [4.69, 9.17) is 5.84 Å². The number of nitrogens with one attached hydrogen (secondary N) is 1. The minimum atomic E-state index is 0.342. The van der Waals surface area contributed by atoms with Crippen LogP contribution in [0.5, 0.6) is 0 Å². The van der Waals surface area contributed by atoms with Crippen molar-refractivity contribution in [3.8, 4) is 0 Å². The molecule has 0 bridgehead atoms. The third-order valence-electron chi connectivity index (χ3n) is 3.80. The third-order valence-corrected chi connectivity index (χ3v) is 3.80. The Labute approximate surface area is 121 Å². The normalized spacial score (nSPS) is 12.6. The summed E-state index contributed by atoms with van der Waals surface area (Å²) in [7, 11) is 1.94. The van der Waals surface area contributed by atoms with Crippen LogP contribution in [0.15, 0.2) is 36.7 Å². The molecule has 3 N–H and O–H groups in total. The minimum absolute atomic E-state index is 0.342. The highest BCUT2D eigenvalue weighted by Gasteiger charge is 2.09. The first kappa shape index (κ1) is 14.8. The lowest BCUT2D eigenvalue weighted by atomic mass is 9.98. The second-order valence-corrected chi connectivity index (χ2v) is 5.39. The third kappa shape index (κ3) is 4.18. The zero-order chi connectivity index (χ0) is 14.4. The van der Waals surface area contributed by atoms with Gasteiger partial charge in [-0.1, -0.05) is 24.3 Å². The Morgan fingerprint density at radius 2 is 2.00 bits per heavy atom. The monoisotopic (exact) mass is 272 g/mol. The summed E-state index contributed by atoms with van der Waals surface area (Å²) in [6.07, 6.45) is 8.16. The lowest BCUT2D eigenvalue weighted by molar-refractivity contribution is 0.464. The maximum absolute atomic E-state index is 5.67. The van der Waals surface area contributed by atoms with Crippen molar-refractivity contribution in [3.05, 3.63) is 53.3 Å². The van der Waals surface area contributed by atoms with Crippen LogP contribution >= 0.6 is 0 Å². The largest absolute Gasteiger partial charge is 0.276 e. The number of aryl methyl sites for hydroxylation is 4. The summed E-state index contributed by atoms with van der Waals surface area (Å²) in [6.45, 7) is 2.16. The average Bonchev–Trinajstić information content (AvgIpc) is 2.86. The zero-order valence-corrected chi connectivity index (χ0v) is 12.3. The van der Waals surface area contributed by atoms with Gasteiger partial charge in [0.05, 0.1) is 6.20 Å². The summed E-state index contributed by atoms with van der Waals surface area (Å²) in [5.74, 6) is 5.67. The van der Waals surface area contributed by atoms with E-state index >= 15 is 0 Å². The molecule has 1 aromatic carbocycles. The van der Waals surface area contributed by atoms with Gasteiger partial charge in [-0.3, -0.25) is 16.0 Å². The van der Waals surface area contributed by atoms with Crippen molar-refractivity contribution in [2.24, 2.45) is 12.9 Å². The molecule has 0 aliphatic heterocycles. The van der Waals surface area contributed by atoms with E-state index in [0.717, 1.165) is 25.7 Å². The van der Waals surface area contributed by atoms with Crippen LogP contribution in [0.25, 0.3) is 0 Å². The predicted octanol–water partition coefficient (Wildman–Crippen LogP) is 2.13. The molecule has 0 fully saturated rings. The fourth-order valence-corrected chi connectivity index (χ4v) is 2.47. The second kappa shape index (κ2) is 7.22. The van der Waals surface area contributed by atoms with E-state index in [1.807, 2.05) is 17.9 Å². The van der Waals surface area contributed by atoms with Crippen LogP contribution in [-0.4, -0.2) is 15.8 Å². The van der Waals surface area contributed by atoms with Crippen LogP contribution in [-0.2, 0) is 19.9 Å². The van der Waals surface area contributed by atoms with Crippen LogP contribution < -0.4 is 11.3 Å². The zero-order valence-electron chi connectivity index (χ0n) is 12.3. The Hall–Kier alpha value is -1.65. The molecule has 1 aromatic heterocycles. The van der Waals surface area contributed by atoms with E-state index in [0.29, 0.717) is 6.04 Å². The Morgan fingerprint density at radius 1 is 1.25 bits per heavy atom. The molecule has 4 heteroatoms. The van der Waals surface area contributed by atoms with Gasteiger partial charge in [0.2, 0.25) is 0 Å². The van der Waals surface area contributed by atoms with Crippen molar-refractivity contribution in [2.45, 2.75) is 38.6 Å². The maximum atomic E-state index is 5.67. The van der Waals surface area contributed by atoms with E-state index in [1.165, 1.54) is 16.7 Å². The van der Waals surface area contributed by atoms with E-state index in [-0.39, 0.29) is 0 Å². The molecule has 2 rings (SSSR count). The lowest BCUT2D eigenvalue weighted by Gasteiger charge is -2.16. The number of benzene rings is 1. The van der Waals surface area contributed by atoms with Crippen molar-refractivity contribution in [1.82, 2.24) is 15.2 Å². The van der Waals surface area contributed by atoms with Crippen LogP contribution in [0, 0.1) is 6.92 Å². The van der Waals surface area contributed by atoms with Gasteiger partial charge in [-0.2, -0.15) is 5.10 Å². The smallest absolute Gasteiger partial charge is 0.0521 e. The minimum Gasteiger partial charge on any atom is -0.276 e. The molecule has 1 unspecified atom stereocenters. The summed E-state index contributed by atoms with van der Waals surface area (Å²) in [6, 6.07) is 8.89. The van der Waals surface area contributed by atoms with Crippen molar-refractivity contribution < 1.29 is 0 Å². The molecule has 0 spiro atoms. The molecule has 0 saturated carbocycles. The summed E-state index contributed by atoms with van der Waals surface area (Å²) < 4.78 is 1.84. The van der Waals surface area contributed by atoms with Gasteiger partial charge in [0.15, 0.2) is 0 Å². The van der Waals surface area contributed by atoms with Crippen molar-refractivity contribution in [1.29, 1.82) is 0 Å². The number of hydrogen-bond donors (Lipinski definition) is 2. The molecule has 1 heterocycles. The fraction of sp³-hybridized carbons (Fsp3) is 0.438. The number of aromatic nitrogens is 2. The van der Waals surface area contributed by atoms with Gasteiger partial charge in [0.1, 0.15) is 0 Å². The average molecular weight is 272 g/mol. The summed E-state index contributed by atoms with van der Waals surface area (Å²) >= 11 is 0. The quantitative estimate of drug-likeness (QED) is 0.599. The molecule has 0 aliphatic carbocycles. The molecule has 0 amide bonds. The maximum Gasteiger partial charge on any atom is 0.0521 e. The molecule has 2 aromatic rings. The first-order valence-electron chi connectivity index (χ1n) is 7.17. The van der Waals surface area contributed by atoms with Crippen LogP contribution in [0.1, 0.15) is 29.5 Å². The summed E-state index contributed by atoms with van der Waals surface area (Å²) in [4.78, 5) is 0. The van der Waals surface area contributed by atoms with Gasteiger partial charge in [-0.15, -0.1) is 0 Å². The van der Waals surface area contributed by atoms with Crippen molar-refractivity contribution in [3.63, 3.8) is 0 Å². The highest BCUT2D eigenvalue weighted by atomic mass is 15.2. The van der Waals surface area contributed by atoms with Gasteiger partial charge in [-0.25, -0.2) is 0 Å². The summed E-state index contributed by atoms with van der Waals surface area (Å²) in [5.41, 5.74) is 6.98. The summed E-state index contributed by atoms with van der Waals surface area (Å²) in [5, 5.41) is 4.19. The Balaban J connectivity index is 1.82. The molecule has 20 heavy (non-hydrogen) atoms. The first-order chi connectivity index (χ1) is 9.69. The van der Waals surface area contributed by atoms with Crippen molar-refractivity contribution >= 4 is 0 Å².